The number of hydrogen-bond donors (Lipinski definition) is 2. The molecule has 0 amide bonds. The van der Waals surface area contributed by atoms with E-state index in [1.165, 1.54) is 0 Å². The summed E-state index contributed by atoms with van der Waals surface area (Å²) in [6.45, 7) is 1.60. The van der Waals surface area contributed by atoms with Gasteiger partial charge in [0.05, 0.1) is 40.4 Å². The minimum Gasteiger partial charge on any atom is -0.383 e. The number of nitrogens with one attached hydrogen (secondary N) is 1. The number of methoxy groups -OCH3 is 1. The third kappa shape index (κ3) is 3.86. The van der Waals surface area contributed by atoms with Gasteiger partial charge in [-0.2, -0.15) is 0 Å². The molecule has 0 unspecified atom stereocenters. The SMILES string of the molecule is COC[C@H]1C[C@H](n2cc(C#Cc3ccc4c(c3)ncn4C)c3c(N)nccc32)CN1.Cl. The van der Waals surface area contributed by atoms with Crippen molar-refractivity contribution in [2.75, 3.05) is 26.0 Å². The molecule has 0 bridgehead atoms. The standard InChI is InChI=1S/C23H24N6O.ClH/c1-28-14-27-19-9-15(4-6-20(19)28)3-5-16-12-29(18-10-17(13-30-2)26-11-18)21-7-8-25-23(24)22(16)21;/h4,6-9,12,14,17-18,26H,10-11,13H2,1-2H3,(H2,24,25);1H/t17-,18+;/m1./s1. The third-order valence-electron chi connectivity index (χ3n) is 5.80. The van der Waals surface area contributed by atoms with Gasteiger partial charge >= 0.3 is 0 Å². The predicted octanol–water partition coefficient (Wildman–Crippen LogP) is 2.88. The lowest BCUT2D eigenvalue weighted by molar-refractivity contribution is 0.172. The van der Waals surface area contributed by atoms with E-state index in [4.69, 9.17) is 10.5 Å². The van der Waals surface area contributed by atoms with Crippen molar-refractivity contribution in [2.45, 2.75) is 18.5 Å². The van der Waals surface area contributed by atoms with Gasteiger partial charge in [-0.25, -0.2) is 9.97 Å². The molecule has 1 saturated heterocycles. The number of nitrogens with two attached hydrogens (primary N) is 1. The summed E-state index contributed by atoms with van der Waals surface area (Å²) in [5, 5.41) is 4.45. The highest BCUT2D eigenvalue weighted by molar-refractivity contribution is 5.95. The Kier molecular flexibility index (Phi) is 5.88. The van der Waals surface area contributed by atoms with Crippen molar-refractivity contribution in [3.8, 4) is 11.8 Å². The first-order valence-electron chi connectivity index (χ1n) is 10.0. The van der Waals surface area contributed by atoms with Gasteiger partial charge in [-0.15, -0.1) is 12.4 Å². The van der Waals surface area contributed by atoms with Crippen LogP contribution in [0.4, 0.5) is 5.82 Å². The van der Waals surface area contributed by atoms with E-state index in [1.54, 1.807) is 13.3 Å². The number of pyridine rings is 1. The highest BCUT2D eigenvalue weighted by Crippen LogP contribution is 2.31. The highest BCUT2D eigenvalue weighted by atomic mass is 35.5. The number of ether oxygens (including phenoxy) is 1. The summed E-state index contributed by atoms with van der Waals surface area (Å²) in [4.78, 5) is 8.72. The minimum atomic E-state index is 0. The van der Waals surface area contributed by atoms with Crippen LogP contribution in [0.25, 0.3) is 21.9 Å². The molecule has 31 heavy (non-hydrogen) atoms. The Labute approximate surface area is 187 Å². The minimum absolute atomic E-state index is 0. The first-order valence-corrected chi connectivity index (χ1v) is 10.0. The zero-order valence-electron chi connectivity index (χ0n) is 17.5. The van der Waals surface area contributed by atoms with Gasteiger partial charge in [0.15, 0.2) is 0 Å². The van der Waals surface area contributed by atoms with Gasteiger partial charge < -0.3 is 24.9 Å². The number of rotatable bonds is 3. The van der Waals surface area contributed by atoms with Crippen LogP contribution in [0.15, 0.2) is 43.0 Å². The van der Waals surface area contributed by atoms with Crippen molar-refractivity contribution in [3.63, 3.8) is 0 Å². The average molecular weight is 437 g/mol. The second-order valence-electron chi connectivity index (χ2n) is 7.80. The lowest BCUT2D eigenvalue weighted by Gasteiger charge is -2.13. The summed E-state index contributed by atoms with van der Waals surface area (Å²) >= 11 is 0. The molecule has 2 atom stereocenters. The quantitative estimate of drug-likeness (QED) is 0.482. The molecule has 1 fully saturated rings. The molecule has 4 aromatic rings. The third-order valence-corrected chi connectivity index (χ3v) is 5.80. The predicted molar refractivity (Wildman–Crippen MR) is 125 cm³/mol. The van der Waals surface area contributed by atoms with Crippen molar-refractivity contribution < 1.29 is 4.74 Å². The number of nitrogen functional groups attached to an aromatic ring is 1. The largest absolute Gasteiger partial charge is 0.383 e. The summed E-state index contributed by atoms with van der Waals surface area (Å²) in [6.07, 6.45) is 6.68. The van der Waals surface area contributed by atoms with Crippen LogP contribution in [-0.2, 0) is 11.8 Å². The lowest BCUT2D eigenvalue weighted by Crippen LogP contribution is -2.25. The van der Waals surface area contributed by atoms with Crippen LogP contribution >= 0.6 is 12.4 Å². The molecule has 1 aromatic carbocycles. The molecule has 7 nitrogen and oxygen atoms in total. The van der Waals surface area contributed by atoms with Crippen molar-refractivity contribution in [2.24, 2.45) is 7.05 Å². The fourth-order valence-corrected chi connectivity index (χ4v) is 4.32. The monoisotopic (exact) mass is 436 g/mol. The molecule has 3 aromatic heterocycles. The molecule has 3 N–H and O–H groups in total. The molecule has 5 rings (SSSR count). The van der Waals surface area contributed by atoms with Crippen LogP contribution in [0.3, 0.4) is 0 Å². The van der Waals surface area contributed by atoms with E-state index in [1.807, 2.05) is 42.2 Å². The van der Waals surface area contributed by atoms with Gasteiger partial charge in [-0.1, -0.05) is 11.8 Å². The molecular formula is C23H25ClN6O. The zero-order chi connectivity index (χ0) is 20.7. The fourth-order valence-electron chi connectivity index (χ4n) is 4.32. The van der Waals surface area contributed by atoms with E-state index in [2.05, 4.69) is 37.9 Å². The maximum Gasteiger partial charge on any atom is 0.134 e. The number of benzene rings is 1. The normalized spacial score (nSPS) is 18.1. The molecule has 0 saturated carbocycles. The summed E-state index contributed by atoms with van der Waals surface area (Å²) in [6, 6.07) is 8.78. The van der Waals surface area contributed by atoms with Crippen LogP contribution in [0.5, 0.6) is 0 Å². The van der Waals surface area contributed by atoms with Gasteiger partial charge in [0.1, 0.15) is 5.82 Å². The van der Waals surface area contributed by atoms with Crippen molar-refractivity contribution >= 4 is 40.2 Å². The molecule has 8 heteroatoms. The van der Waals surface area contributed by atoms with Gasteiger partial charge in [-0.3, -0.25) is 0 Å². The average Bonchev–Trinajstić information content (AvgIpc) is 3.45. The lowest BCUT2D eigenvalue weighted by atomic mass is 10.1. The Balaban J connectivity index is 0.00000231. The van der Waals surface area contributed by atoms with Crippen LogP contribution in [-0.4, -0.2) is 45.4 Å². The number of anilines is 1. The molecule has 1 aliphatic heterocycles. The van der Waals surface area contributed by atoms with Gasteiger partial charge in [-0.05, 0) is 30.7 Å². The highest BCUT2D eigenvalue weighted by Gasteiger charge is 2.27. The van der Waals surface area contributed by atoms with Crippen LogP contribution in [0.1, 0.15) is 23.6 Å². The molecule has 0 radical (unpaired) electrons. The molecule has 0 spiro atoms. The summed E-state index contributed by atoms with van der Waals surface area (Å²) in [5.74, 6) is 7.12. The second-order valence-corrected chi connectivity index (χ2v) is 7.80. The van der Waals surface area contributed by atoms with Gasteiger partial charge in [0, 0.05) is 50.7 Å². The van der Waals surface area contributed by atoms with E-state index < -0.39 is 0 Å². The number of imidazole rings is 1. The second kappa shape index (κ2) is 8.60. The summed E-state index contributed by atoms with van der Waals surface area (Å²) in [7, 11) is 3.73. The van der Waals surface area contributed by atoms with E-state index in [9.17, 15) is 0 Å². The topological polar surface area (TPSA) is 82.9 Å². The first-order chi connectivity index (χ1) is 14.6. The number of fused-ring (bicyclic) bond motifs is 2. The van der Waals surface area contributed by atoms with Crippen molar-refractivity contribution in [3.05, 3.63) is 54.1 Å². The van der Waals surface area contributed by atoms with Crippen LogP contribution in [0.2, 0.25) is 0 Å². The van der Waals surface area contributed by atoms with Crippen LogP contribution < -0.4 is 11.1 Å². The molecule has 4 heterocycles. The Bertz CT molecular complexity index is 1300. The maximum atomic E-state index is 6.25. The first kappa shape index (κ1) is 21.2. The number of nitrogens with zero attached hydrogens (tertiary/aromatic N) is 4. The number of halogens is 1. The summed E-state index contributed by atoms with van der Waals surface area (Å²) in [5.41, 5.74) is 11.2. The van der Waals surface area contributed by atoms with E-state index in [0.29, 0.717) is 24.5 Å². The summed E-state index contributed by atoms with van der Waals surface area (Å²) < 4.78 is 9.59. The van der Waals surface area contributed by atoms with Gasteiger partial charge in [0.2, 0.25) is 0 Å². The Morgan fingerprint density at radius 1 is 1.23 bits per heavy atom. The van der Waals surface area contributed by atoms with Crippen molar-refractivity contribution in [1.82, 2.24) is 24.4 Å². The maximum absolute atomic E-state index is 6.25. The number of aromatic nitrogens is 4. The molecule has 0 aliphatic carbocycles. The Hall–Kier alpha value is -3.05. The van der Waals surface area contributed by atoms with E-state index in [-0.39, 0.29) is 12.4 Å². The Morgan fingerprint density at radius 3 is 2.94 bits per heavy atom. The van der Waals surface area contributed by atoms with E-state index >= 15 is 0 Å². The number of hydrogen-bond acceptors (Lipinski definition) is 5. The zero-order valence-corrected chi connectivity index (χ0v) is 18.3. The van der Waals surface area contributed by atoms with Crippen LogP contribution in [0, 0.1) is 11.8 Å². The van der Waals surface area contributed by atoms with Crippen molar-refractivity contribution in [1.29, 1.82) is 0 Å². The van der Waals surface area contributed by atoms with Gasteiger partial charge in [0.25, 0.3) is 0 Å². The van der Waals surface area contributed by atoms with E-state index in [0.717, 1.165) is 46.0 Å². The fraction of sp³-hybridized carbons (Fsp3) is 0.304. The number of aryl methyl sites for hydroxylation is 1. The molecule has 160 valence electrons. The molecular weight excluding hydrogens is 412 g/mol. The molecule has 1 aliphatic rings. The Morgan fingerprint density at radius 2 is 2.10 bits per heavy atom. The smallest absolute Gasteiger partial charge is 0.134 e.